The van der Waals surface area contributed by atoms with E-state index < -0.39 is 10.8 Å². The Morgan fingerprint density at radius 1 is 1.38 bits per heavy atom. The fraction of sp³-hybridized carbons (Fsp3) is 0.750. The fourth-order valence-electron chi connectivity index (χ4n) is 1.78. The van der Waals surface area contributed by atoms with E-state index >= 15 is 0 Å². The van der Waals surface area contributed by atoms with Crippen LogP contribution < -0.4 is 0 Å². The minimum absolute atomic E-state index is 0.292. The van der Waals surface area contributed by atoms with Crippen molar-refractivity contribution < 1.29 is 9.00 Å². The number of rotatable bonds is 0. The van der Waals surface area contributed by atoms with Gasteiger partial charge in [0, 0.05) is 36.6 Å². The van der Waals surface area contributed by atoms with Crippen molar-refractivity contribution in [1.29, 1.82) is 0 Å². The second-order valence-electron chi connectivity index (χ2n) is 4.55. The molecule has 1 saturated heterocycles. The Morgan fingerprint density at radius 2 is 2.00 bits per heavy atom. The third-order valence-corrected chi connectivity index (χ3v) is 5.21. The summed E-state index contributed by atoms with van der Waals surface area (Å²) in [6, 6.07) is 0. The highest BCUT2D eigenvalue weighted by molar-refractivity contribution is 7.86. The summed E-state index contributed by atoms with van der Waals surface area (Å²) in [6.07, 6.45) is 1.81. The van der Waals surface area contributed by atoms with Crippen LogP contribution in [0.15, 0.2) is 11.1 Å². The first-order chi connectivity index (χ1) is 7.43. The van der Waals surface area contributed by atoms with E-state index in [0.717, 1.165) is 25.1 Å². The molecule has 0 aromatic carbocycles. The van der Waals surface area contributed by atoms with Gasteiger partial charge in [0.1, 0.15) is 0 Å². The molecular weight excluding hydrogens is 222 g/mol. The lowest BCUT2D eigenvalue weighted by atomic mass is 10.1. The molecule has 2 heterocycles. The third kappa shape index (κ3) is 3.17. The normalized spacial score (nSPS) is 29.5. The maximum atomic E-state index is 11.1. The van der Waals surface area contributed by atoms with Gasteiger partial charge in [-0.05, 0) is 27.2 Å². The molecule has 0 aromatic rings. The van der Waals surface area contributed by atoms with Crippen LogP contribution in [0.1, 0.15) is 33.6 Å². The van der Waals surface area contributed by atoms with E-state index in [-0.39, 0.29) is 0 Å². The van der Waals surface area contributed by atoms with Crippen LogP contribution >= 0.6 is 0 Å². The number of hydrogen-bond acceptors (Lipinski definition) is 2. The molecule has 0 aliphatic carbocycles. The second-order valence-corrected chi connectivity index (χ2v) is 6.31. The topological polar surface area (TPSA) is 37.4 Å². The molecule has 16 heavy (non-hydrogen) atoms. The van der Waals surface area contributed by atoms with Crippen LogP contribution in [-0.4, -0.2) is 39.6 Å². The van der Waals surface area contributed by atoms with Crippen LogP contribution in [0.2, 0.25) is 0 Å². The van der Waals surface area contributed by atoms with Crippen molar-refractivity contribution in [1.82, 2.24) is 4.90 Å². The molecule has 1 amide bonds. The highest BCUT2D eigenvalue weighted by Gasteiger charge is 2.22. The Labute approximate surface area is 100 Å². The lowest BCUT2D eigenvalue weighted by Gasteiger charge is -2.03. The van der Waals surface area contributed by atoms with E-state index in [1.54, 1.807) is 4.90 Å². The minimum Gasteiger partial charge on any atom is -0.346 e. The predicted octanol–water partition coefficient (Wildman–Crippen LogP) is 1.71. The number of carbonyl (C=O) groups is 1. The van der Waals surface area contributed by atoms with Gasteiger partial charge in [0.05, 0.1) is 5.25 Å². The maximum Gasteiger partial charge on any atom is 0.222 e. The first-order valence-electron chi connectivity index (χ1n) is 5.71. The van der Waals surface area contributed by atoms with E-state index in [0.29, 0.717) is 11.2 Å². The van der Waals surface area contributed by atoms with E-state index in [4.69, 9.17) is 0 Å². The van der Waals surface area contributed by atoms with Gasteiger partial charge in [0.25, 0.3) is 0 Å². The van der Waals surface area contributed by atoms with Crippen LogP contribution in [-0.2, 0) is 15.6 Å². The molecule has 2 aliphatic rings. The summed E-state index contributed by atoms with van der Waals surface area (Å²) in [5.41, 5.74) is 2.65. The van der Waals surface area contributed by atoms with Gasteiger partial charge in [-0.2, -0.15) is 0 Å². The molecule has 1 fully saturated rings. The van der Waals surface area contributed by atoms with E-state index in [1.807, 2.05) is 14.0 Å². The first kappa shape index (κ1) is 13.4. The number of amides is 1. The van der Waals surface area contributed by atoms with Crippen molar-refractivity contribution in [3.8, 4) is 0 Å². The molecule has 0 N–H and O–H groups in total. The van der Waals surface area contributed by atoms with Crippen molar-refractivity contribution in [3.63, 3.8) is 0 Å². The van der Waals surface area contributed by atoms with E-state index in [9.17, 15) is 9.00 Å². The summed E-state index contributed by atoms with van der Waals surface area (Å²) in [5, 5.41) is 0.310. The van der Waals surface area contributed by atoms with Gasteiger partial charge in [-0.15, -0.1) is 0 Å². The summed E-state index contributed by atoms with van der Waals surface area (Å²) >= 11 is 0. The largest absolute Gasteiger partial charge is 0.346 e. The average molecular weight is 243 g/mol. The van der Waals surface area contributed by atoms with Crippen molar-refractivity contribution in [2.45, 2.75) is 38.9 Å². The zero-order valence-corrected chi connectivity index (χ0v) is 11.4. The zero-order valence-electron chi connectivity index (χ0n) is 10.6. The van der Waals surface area contributed by atoms with Gasteiger partial charge in [-0.3, -0.25) is 9.00 Å². The number of hydrogen-bond donors (Lipinski definition) is 0. The number of carbonyl (C=O) groups excluding carboxylic acids is 1. The lowest BCUT2D eigenvalue weighted by molar-refractivity contribution is -0.126. The van der Waals surface area contributed by atoms with Crippen LogP contribution in [0.3, 0.4) is 0 Å². The Kier molecular flexibility index (Phi) is 4.71. The molecule has 0 spiro atoms. The Bertz CT molecular complexity index is 336. The molecule has 2 aliphatic heterocycles. The molecule has 3 nitrogen and oxygen atoms in total. The van der Waals surface area contributed by atoms with Crippen molar-refractivity contribution in [2.75, 3.05) is 19.3 Å². The van der Waals surface area contributed by atoms with Gasteiger partial charge in [-0.1, -0.05) is 11.1 Å². The first-order valence-corrected chi connectivity index (χ1v) is 7.09. The van der Waals surface area contributed by atoms with Crippen molar-refractivity contribution in [3.05, 3.63) is 11.1 Å². The molecule has 0 saturated carbocycles. The molecule has 2 atom stereocenters. The van der Waals surface area contributed by atoms with Crippen LogP contribution in [0, 0.1) is 0 Å². The van der Waals surface area contributed by atoms with Gasteiger partial charge in [0.15, 0.2) is 0 Å². The Morgan fingerprint density at radius 3 is 2.12 bits per heavy atom. The van der Waals surface area contributed by atoms with Gasteiger partial charge < -0.3 is 4.90 Å². The summed E-state index contributed by atoms with van der Waals surface area (Å²) in [7, 11) is 1.24. The number of likely N-dealkylation sites (tertiary alicyclic amines) is 1. The zero-order chi connectivity index (χ0) is 12.3. The molecule has 0 radical (unpaired) electrons. The Hall–Kier alpha value is -0.640. The molecular formula is C12H21NO2S. The fourth-order valence-corrected chi connectivity index (χ4v) is 3.28. The summed E-state index contributed by atoms with van der Waals surface area (Å²) in [5.74, 6) is 1.09. The van der Waals surface area contributed by atoms with E-state index in [1.165, 1.54) is 11.1 Å². The predicted molar refractivity (Wildman–Crippen MR) is 67.7 cm³/mol. The molecule has 2 unspecified atom stereocenters. The van der Waals surface area contributed by atoms with Crippen LogP contribution in [0.4, 0.5) is 0 Å². The average Bonchev–Trinajstić information content (AvgIpc) is 2.70. The molecule has 2 rings (SSSR count). The number of nitrogens with zero attached hydrogens (tertiary/aromatic N) is 1. The third-order valence-electron chi connectivity index (χ3n) is 3.35. The smallest absolute Gasteiger partial charge is 0.222 e. The van der Waals surface area contributed by atoms with Crippen molar-refractivity contribution >= 4 is 16.7 Å². The standard InChI is InChI=1S/C7H12OS.C5H9NO/c1-5-4-9(8)7(3)6(5)2;1-6-4-2-3-5(6)7/h7H,4H2,1-3H3;2-4H2,1H3. The monoisotopic (exact) mass is 243 g/mol. The SMILES string of the molecule is CC1=C(C)C(C)S(=O)C1.CN1CCCC1=O. The van der Waals surface area contributed by atoms with Gasteiger partial charge in [0.2, 0.25) is 5.91 Å². The van der Waals surface area contributed by atoms with Crippen LogP contribution in [0.5, 0.6) is 0 Å². The summed E-state index contributed by atoms with van der Waals surface area (Å²) in [4.78, 5) is 12.3. The maximum absolute atomic E-state index is 11.1. The summed E-state index contributed by atoms with van der Waals surface area (Å²) < 4.78 is 11.1. The molecule has 92 valence electrons. The van der Waals surface area contributed by atoms with E-state index in [2.05, 4.69) is 13.8 Å². The second kappa shape index (κ2) is 5.62. The van der Waals surface area contributed by atoms with Crippen molar-refractivity contribution in [2.24, 2.45) is 0 Å². The van der Waals surface area contributed by atoms with Gasteiger partial charge in [-0.25, -0.2) is 0 Å². The molecule has 0 aromatic heterocycles. The lowest BCUT2D eigenvalue weighted by Crippen LogP contribution is -2.17. The Balaban J connectivity index is 0.000000165. The molecule has 0 bridgehead atoms. The highest BCUT2D eigenvalue weighted by Crippen LogP contribution is 2.22. The molecule has 4 heteroatoms. The van der Waals surface area contributed by atoms with Crippen LogP contribution in [0.25, 0.3) is 0 Å². The highest BCUT2D eigenvalue weighted by atomic mass is 32.2. The minimum atomic E-state index is -0.602. The van der Waals surface area contributed by atoms with Gasteiger partial charge >= 0.3 is 0 Å². The summed E-state index contributed by atoms with van der Waals surface area (Å²) in [6.45, 7) is 7.13. The quantitative estimate of drug-likeness (QED) is 0.607.